The number of aryl methyl sites for hydroxylation is 2. The standard InChI is InChI=1S/C16H27N5/c1-6-21(7-2)11-12(3)17-9-14-8-15-13(4)19-20(5)16(15)18-10-14/h8,10,12,17H,6-7,9,11H2,1-5H3. The third-order valence-electron chi connectivity index (χ3n) is 4.00. The topological polar surface area (TPSA) is 46.0 Å². The van der Waals surface area contributed by atoms with Crippen molar-refractivity contribution in [3.05, 3.63) is 23.5 Å². The Balaban J connectivity index is 1.98. The van der Waals surface area contributed by atoms with Gasteiger partial charge < -0.3 is 10.2 Å². The fourth-order valence-corrected chi connectivity index (χ4v) is 2.67. The minimum atomic E-state index is 0.468. The highest BCUT2D eigenvalue weighted by atomic mass is 15.3. The van der Waals surface area contributed by atoms with Gasteiger partial charge in [0.2, 0.25) is 0 Å². The molecule has 0 aliphatic carbocycles. The van der Waals surface area contributed by atoms with Crippen LogP contribution in [0.5, 0.6) is 0 Å². The summed E-state index contributed by atoms with van der Waals surface area (Å²) in [6.45, 7) is 12.8. The Kier molecular flexibility index (Phi) is 5.31. The van der Waals surface area contributed by atoms with Crippen molar-refractivity contribution in [2.45, 2.75) is 40.3 Å². The third-order valence-corrected chi connectivity index (χ3v) is 4.00. The number of nitrogens with one attached hydrogen (secondary N) is 1. The van der Waals surface area contributed by atoms with Crippen LogP contribution >= 0.6 is 0 Å². The van der Waals surface area contributed by atoms with E-state index in [4.69, 9.17) is 0 Å². The summed E-state index contributed by atoms with van der Waals surface area (Å²) in [6.07, 6.45) is 1.95. The lowest BCUT2D eigenvalue weighted by atomic mass is 10.2. The molecule has 2 aromatic heterocycles. The fourth-order valence-electron chi connectivity index (χ4n) is 2.67. The van der Waals surface area contributed by atoms with Crippen LogP contribution in [0.4, 0.5) is 0 Å². The van der Waals surface area contributed by atoms with Crippen LogP contribution in [0, 0.1) is 6.92 Å². The minimum Gasteiger partial charge on any atom is -0.309 e. The summed E-state index contributed by atoms with van der Waals surface area (Å²) in [4.78, 5) is 6.96. The molecule has 0 aromatic carbocycles. The monoisotopic (exact) mass is 289 g/mol. The molecule has 0 saturated carbocycles. The van der Waals surface area contributed by atoms with Gasteiger partial charge in [-0.2, -0.15) is 5.10 Å². The number of rotatable bonds is 7. The molecule has 0 aliphatic rings. The second-order valence-corrected chi connectivity index (χ2v) is 5.69. The SMILES string of the molecule is CCN(CC)CC(C)NCc1cnc2c(c1)c(C)nn2C. The Labute approximate surface area is 127 Å². The van der Waals surface area contributed by atoms with Gasteiger partial charge in [-0.25, -0.2) is 4.98 Å². The lowest BCUT2D eigenvalue weighted by Crippen LogP contribution is -2.38. The molecule has 2 rings (SSSR count). The summed E-state index contributed by atoms with van der Waals surface area (Å²) in [7, 11) is 1.94. The average Bonchev–Trinajstić information content (AvgIpc) is 2.77. The van der Waals surface area contributed by atoms with Crippen LogP contribution < -0.4 is 5.32 Å². The molecule has 0 radical (unpaired) electrons. The van der Waals surface area contributed by atoms with E-state index < -0.39 is 0 Å². The maximum absolute atomic E-state index is 4.52. The van der Waals surface area contributed by atoms with Gasteiger partial charge in [0.05, 0.1) is 5.69 Å². The van der Waals surface area contributed by atoms with Gasteiger partial charge >= 0.3 is 0 Å². The first-order valence-corrected chi connectivity index (χ1v) is 7.79. The zero-order valence-electron chi connectivity index (χ0n) is 13.8. The van der Waals surface area contributed by atoms with E-state index in [9.17, 15) is 0 Å². The minimum absolute atomic E-state index is 0.468. The van der Waals surface area contributed by atoms with Gasteiger partial charge in [-0.05, 0) is 38.6 Å². The van der Waals surface area contributed by atoms with E-state index >= 15 is 0 Å². The van der Waals surface area contributed by atoms with Crippen molar-refractivity contribution in [2.24, 2.45) is 7.05 Å². The van der Waals surface area contributed by atoms with E-state index in [0.29, 0.717) is 6.04 Å². The van der Waals surface area contributed by atoms with E-state index in [1.807, 2.05) is 24.9 Å². The predicted molar refractivity (Wildman–Crippen MR) is 87.3 cm³/mol. The molecule has 116 valence electrons. The number of aromatic nitrogens is 3. The van der Waals surface area contributed by atoms with Crippen molar-refractivity contribution in [1.82, 2.24) is 25.0 Å². The van der Waals surface area contributed by atoms with Crippen molar-refractivity contribution in [3.8, 4) is 0 Å². The molecule has 5 nitrogen and oxygen atoms in total. The van der Waals surface area contributed by atoms with Crippen molar-refractivity contribution >= 4 is 11.0 Å². The van der Waals surface area contributed by atoms with Crippen LogP contribution in [0.2, 0.25) is 0 Å². The van der Waals surface area contributed by atoms with E-state index in [-0.39, 0.29) is 0 Å². The normalized spacial score (nSPS) is 13.2. The van der Waals surface area contributed by atoms with E-state index in [1.54, 1.807) is 0 Å². The molecule has 0 fully saturated rings. The van der Waals surface area contributed by atoms with E-state index in [1.165, 1.54) is 5.56 Å². The van der Waals surface area contributed by atoms with Crippen molar-refractivity contribution in [2.75, 3.05) is 19.6 Å². The van der Waals surface area contributed by atoms with Gasteiger partial charge in [0.1, 0.15) is 0 Å². The van der Waals surface area contributed by atoms with Gasteiger partial charge in [-0.1, -0.05) is 13.8 Å². The van der Waals surface area contributed by atoms with Crippen molar-refractivity contribution in [1.29, 1.82) is 0 Å². The molecule has 21 heavy (non-hydrogen) atoms. The number of pyridine rings is 1. The number of fused-ring (bicyclic) bond motifs is 1. The molecule has 1 atom stereocenters. The molecular formula is C16H27N5. The van der Waals surface area contributed by atoms with E-state index in [0.717, 1.165) is 42.9 Å². The Morgan fingerprint density at radius 3 is 2.71 bits per heavy atom. The lowest BCUT2D eigenvalue weighted by Gasteiger charge is -2.23. The number of nitrogens with zero attached hydrogens (tertiary/aromatic N) is 4. The van der Waals surface area contributed by atoms with Gasteiger partial charge in [-0.3, -0.25) is 4.68 Å². The molecule has 1 unspecified atom stereocenters. The Morgan fingerprint density at radius 2 is 2.05 bits per heavy atom. The molecule has 2 heterocycles. The number of hydrogen-bond donors (Lipinski definition) is 1. The van der Waals surface area contributed by atoms with Crippen LogP contribution in [0.1, 0.15) is 32.0 Å². The first-order chi connectivity index (χ1) is 10.0. The molecule has 0 spiro atoms. The van der Waals surface area contributed by atoms with Gasteiger partial charge in [0.15, 0.2) is 5.65 Å². The molecule has 0 bridgehead atoms. The summed E-state index contributed by atoms with van der Waals surface area (Å²) in [5.41, 5.74) is 3.20. The highest BCUT2D eigenvalue weighted by Crippen LogP contribution is 2.16. The fraction of sp³-hybridized carbons (Fsp3) is 0.625. The Hall–Kier alpha value is -1.46. The molecule has 0 amide bonds. The van der Waals surface area contributed by atoms with Gasteiger partial charge in [0.25, 0.3) is 0 Å². The third kappa shape index (κ3) is 3.80. The molecular weight excluding hydrogens is 262 g/mol. The highest BCUT2D eigenvalue weighted by molar-refractivity contribution is 5.78. The van der Waals surface area contributed by atoms with Crippen LogP contribution in [0.15, 0.2) is 12.3 Å². The summed E-state index contributed by atoms with van der Waals surface area (Å²) < 4.78 is 1.84. The van der Waals surface area contributed by atoms with Gasteiger partial charge in [-0.15, -0.1) is 0 Å². The van der Waals surface area contributed by atoms with Crippen LogP contribution in [-0.2, 0) is 13.6 Å². The van der Waals surface area contributed by atoms with Crippen molar-refractivity contribution < 1.29 is 0 Å². The maximum atomic E-state index is 4.52. The second-order valence-electron chi connectivity index (χ2n) is 5.69. The quantitative estimate of drug-likeness (QED) is 0.848. The van der Waals surface area contributed by atoms with Crippen LogP contribution in [0.25, 0.3) is 11.0 Å². The molecule has 0 aliphatic heterocycles. The van der Waals surface area contributed by atoms with E-state index in [2.05, 4.69) is 47.1 Å². The Morgan fingerprint density at radius 1 is 1.33 bits per heavy atom. The highest BCUT2D eigenvalue weighted by Gasteiger charge is 2.09. The summed E-state index contributed by atoms with van der Waals surface area (Å²) >= 11 is 0. The largest absolute Gasteiger partial charge is 0.309 e. The summed E-state index contributed by atoms with van der Waals surface area (Å²) in [5, 5.41) is 9.14. The van der Waals surface area contributed by atoms with Crippen LogP contribution in [-0.4, -0.2) is 45.3 Å². The first-order valence-electron chi connectivity index (χ1n) is 7.79. The Bertz CT molecular complexity index is 586. The molecule has 2 aromatic rings. The molecule has 1 N–H and O–H groups in total. The maximum Gasteiger partial charge on any atom is 0.157 e. The zero-order valence-corrected chi connectivity index (χ0v) is 13.8. The second kappa shape index (κ2) is 7.00. The van der Waals surface area contributed by atoms with Crippen molar-refractivity contribution in [3.63, 3.8) is 0 Å². The smallest absolute Gasteiger partial charge is 0.157 e. The summed E-state index contributed by atoms with van der Waals surface area (Å²) in [6, 6.07) is 2.66. The average molecular weight is 289 g/mol. The summed E-state index contributed by atoms with van der Waals surface area (Å²) in [5.74, 6) is 0. The molecule has 5 heteroatoms. The number of likely N-dealkylation sites (N-methyl/N-ethyl adjacent to an activating group) is 1. The lowest BCUT2D eigenvalue weighted by molar-refractivity contribution is 0.270. The predicted octanol–water partition coefficient (Wildman–Crippen LogP) is 2.10. The number of hydrogen-bond acceptors (Lipinski definition) is 4. The zero-order chi connectivity index (χ0) is 15.4. The van der Waals surface area contributed by atoms with Gasteiger partial charge in [0, 0.05) is 37.8 Å². The first kappa shape index (κ1) is 15.9. The molecule has 0 saturated heterocycles. The van der Waals surface area contributed by atoms with Crippen LogP contribution in [0.3, 0.4) is 0 Å².